The lowest BCUT2D eigenvalue weighted by Crippen LogP contribution is -2.49. The molecule has 0 spiro atoms. The molecule has 0 saturated carbocycles. The average molecular weight is 230 g/mol. The third-order valence-electron chi connectivity index (χ3n) is 3.58. The largest absolute Gasteiger partial charge is 0.399 e. The van der Waals surface area contributed by atoms with Crippen LogP contribution in [-0.2, 0) is 0 Å². The van der Waals surface area contributed by atoms with Crippen molar-refractivity contribution in [3.63, 3.8) is 0 Å². The number of rotatable bonds is 2. The Labute approximate surface area is 103 Å². The van der Waals surface area contributed by atoms with E-state index in [1.165, 1.54) is 11.4 Å². The van der Waals surface area contributed by atoms with Crippen LogP contribution in [0.15, 0.2) is 41.0 Å². The van der Waals surface area contributed by atoms with Gasteiger partial charge in [-0.15, -0.1) is 0 Å². The van der Waals surface area contributed by atoms with Gasteiger partial charge in [0, 0.05) is 36.5 Å². The van der Waals surface area contributed by atoms with E-state index in [4.69, 9.17) is 5.73 Å². The molecule has 1 atom stereocenters. The van der Waals surface area contributed by atoms with E-state index < -0.39 is 0 Å². The number of nitrogen functional groups attached to an aromatic ring is 1. The molecular weight excluding hydrogens is 210 g/mol. The Morgan fingerprint density at radius 1 is 1.24 bits per heavy atom. The molecule has 0 aliphatic carbocycles. The fraction of sp³-hybridized carbons (Fsp3) is 0.357. The van der Waals surface area contributed by atoms with Crippen molar-refractivity contribution >= 4 is 17.1 Å². The molecule has 2 rings (SSSR count). The van der Waals surface area contributed by atoms with Gasteiger partial charge in [-0.1, -0.05) is 0 Å². The monoisotopic (exact) mass is 230 g/mol. The van der Waals surface area contributed by atoms with Gasteiger partial charge < -0.3 is 5.73 Å². The highest BCUT2D eigenvalue weighted by atomic mass is 15.4. The maximum atomic E-state index is 5.75. The number of nitrogens with two attached hydrogens (primary N) is 1. The molecule has 17 heavy (non-hydrogen) atoms. The van der Waals surface area contributed by atoms with E-state index in [0.29, 0.717) is 0 Å². The summed E-state index contributed by atoms with van der Waals surface area (Å²) in [6.07, 6.45) is 2.17. The van der Waals surface area contributed by atoms with E-state index in [-0.39, 0.29) is 0 Å². The molecular formula is C14H20N3+. The van der Waals surface area contributed by atoms with Gasteiger partial charge in [-0.2, -0.15) is 0 Å². The second-order valence-electron chi connectivity index (χ2n) is 4.60. The van der Waals surface area contributed by atoms with Gasteiger partial charge in [-0.25, -0.2) is 9.48 Å². The van der Waals surface area contributed by atoms with Crippen molar-refractivity contribution in [2.75, 3.05) is 18.9 Å². The maximum absolute atomic E-state index is 5.75. The number of allylic oxidation sites excluding steroid dienone is 2. The van der Waals surface area contributed by atoms with Crippen molar-refractivity contribution in [2.24, 2.45) is 4.99 Å². The lowest BCUT2D eigenvalue weighted by molar-refractivity contribution is 0.364. The fourth-order valence-electron chi connectivity index (χ4n) is 2.39. The maximum Gasteiger partial charge on any atom is 0.181 e. The van der Waals surface area contributed by atoms with Crippen molar-refractivity contribution in [3.05, 3.63) is 36.0 Å². The van der Waals surface area contributed by atoms with Gasteiger partial charge in [-0.05, 0) is 26.0 Å². The van der Waals surface area contributed by atoms with Gasteiger partial charge in [-0.3, -0.25) is 0 Å². The zero-order valence-corrected chi connectivity index (χ0v) is 10.8. The summed E-state index contributed by atoms with van der Waals surface area (Å²) >= 11 is 0. The van der Waals surface area contributed by atoms with Gasteiger partial charge in [0.2, 0.25) is 0 Å². The van der Waals surface area contributed by atoms with Gasteiger partial charge in [0.15, 0.2) is 6.67 Å². The zero-order valence-electron chi connectivity index (χ0n) is 10.8. The molecule has 0 bridgehead atoms. The number of hydrogen-bond acceptors (Lipinski definition) is 2. The van der Waals surface area contributed by atoms with Gasteiger partial charge >= 0.3 is 0 Å². The van der Waals surface area contributed by atoms with E-state index in [0.717, 1.165) is 29.1 Å². The Morgan fingerprint density at radius 2 is 1.88 bits per heavy atom. The van der Waals surface area contributed by atoms with Crippen LogP contribution in [0, 0.1) is 0 Å². The van der Waals surface area contributed by atoms with Crippen LogP contribution in [0.3, 0.4) is 0 Å². The Bertz CT molecular complexity index is 471. The lowest BCUT2D eigenvalue weighted by Gasteiger charge is -2.37. The molecule has 0 saturated heterocycles. The number of nitrogens with zero attached hydrogens (tertiary/aromatic N) is 2. The first kappa shape index (κ1) is 11.9. The summed E-state index contributed by atoms with van der Waals surface area (Å²) in [6.45, 7) is 8.22. The highest BCUT2D eigenvalue weighted by molar-refractivity contribution is 5.94. The summed E-state index contributed by atoms with van der Waals surface area (Å²) in [5.74, 6) is 0. The molecule has 2 N–H and O–H groups in total. The van der Waals surface area contributed by atoms with E-state index in [9.17, 15) is 0 Å². The predicted octanol–water partition coefficient (Wildman–Crippen LogP) is 2.93. The van der Waals surface area contributed by atoms with Crippen LogP contribution in [0.4, 0.5) is 11.4 Å². The van der Waals surface area contributed by atoms with Gasteiger partial charge in [0.05, 0.1) is 6.54 Å². The van der Waals surface area contributed by atoms with E-state index in [1.54, 1.807) is 0 Å². The minimum Gasteiger partial charge on any atom is -0.399 e. The fourth-order valence-corrected chi connectivity index (χ4v) is 2.39. The van der Waals surface area contributed by atoms with Crippen LogP contribution in [0.5, 0.6) is 0 Å². The van der Waals surface area contributed by atoms with Crippen molar-refractivity contribution < 1.29 is 0 Å². The summed E-state index contributed by atoms with van der Waals surface area (Å²) in [7, 11) is 0. The number of anilines is 1. The van der Waals surface area contributed by atoms with Gasteiger partial charge in [0.25, 0.3) is 0 Å². The topological polar surface area (TPSA) is 38.4 Å². The SMILES string of the molecule is CC[N+]1(c2ccc(N)cc2)CN=C(C)C=C1C. The normalized spacial score (nSPS) is 24.2. The number of quaternary nitrogens is 1. The van der Waals surface area contributed by atoms with Crippen LogP contribution in [0.25, 0.3) is 0 Å². The summed E-state index contributed by atoms with van der Waals surface area (Å²) in [6, 6.07) is 8.13. The average Bonchev–Trinajstić information content (AvgIpc) is 2.31. The Kier molecular flexibility index (Phi) is 3.03. The summed E-state index contributed by atoms with van der Waals surface area (Å²) in [4.78, 5) is 4.58. The molecule has 1 aromatic rings. The second-order valence-corrected chi connectivity index (χ2v) is 4.60. The first-order chi connectivity index (χ1) is 8.08. The third kappa shape index (κ3) is 1.98. The molecule has 0 aromatic heterocycles. The van der Waals surface area contributed by atoms with Crippen LogP contribution in [0.2, 0.25) is 0 Å². The van der Waals surface area contributed by atoms with E-state index >= 15 is 0 Å². The molecule has 3 nitrogen and oxygen atoms in total. The highest BCUT2D eigenvalue weighted by Gasteiger charge is 2.33. The van der Waals surface area contributed by atoms with Crippen molar-refractivity contribution in [2.45, 2.75) is 20.8 Å². The summed E-state index contributed by atoms with van der Waals surface area (Å²) in [5.41, 5.74) is 10.3. The number of benzene rings is 1. The van der Waals surface area contributed by atoms with Crippen LogP contribution in [-0.4, -0.2) is 18.9 Å². The zero-order chi connectivity index (χ0) is 12.5. The van der Waals surface area contributed by atoms with Crippen molar-refractivity contribution in [3.8, 4) is 0 Å². The Balaban J connectivity index is 2.46. The Morgan fingerprint density at radius 3 is 2.41 bits per heavy atom. The second kappa shape index (κ2) is 4.34. The molecule has 3 heteroatoms. The van der Waals surface area contributed by atoms with Crippen molar-refractivity contribution in [1.82, 2.24) is 4.48 Å². The highest BCUT2D eigenvalue weighted by Crippen LogP contribution is 2.31. The first-order valence-electron chi connectivity index (χ1n) is 6.01. The Hall–Kier alpha value is -1.61. The van der Waals surface area contributed by atoms with E-state index in [1.807, 2.05) is 12.1 Å². The first-order valence-corrected chi connectivity index (χ1v) is 6.01. The van der Waals surface area contributed by atoms with E-state index in [2.05, 4.69) is 44.0 Å². The number of aliphatic imine (C=N–C) groups is 1. The molecule has 0 amide bonds. The summed E-state index contributed by atoms with van der Waals surface area (Å²) < 4.78 is 0.803. The quantitative estimate of drug-likeness (QED) is 0.615. The molecule has 1 heterocycles. The minimum absolute atomic E-state index is 0.786. The molecule has 90 valence electrons. The molecule has 1 aromatic carbocycles. The number of hydrogen-bond donors (Lipinski definition) is 1. The third-order valence-corrected chi connectivity index (χ3v) is 3.58. The van der Waals surface area contributed by atoms with Gasteiger partial charge in [0.1, 0.15) is 11.4 Å². The smallest absolute Gasteiger partial charge is 0.181 e. The molecule has 0 fully saturated rings. The minimum atomic E-state index is 0.786. The molecule has 1 aliphatic rings. The molecule has 0 radical (unpaired) electrons. The van der Waals surface area contributed by atoms with Crippen LogP contribution < -0.4 is 10.2 Å². The van der Waals surface area contributed by atoms with Crippen LogP contribution >= 0.6 is 0 Å². The summed E-state index contributed by atoms with van der Waals surface area (Å²) in [5, 5.41) is 0. The standard InChI is InChI=1S/C14H20N3/c1-4-17(10-16-11(2)9-12(17)3)14-7-5-13(15)6-8-14/h5-9H,4,10,15H2,1-3H3/q+1. The van der Waals surface area contributed by atoms with Crippen LogP contribution in [0.1, 0.15) is 20.8 Å². The lowest BCUT2D eigenvalue weighted by atomic mass is 10.1. The molecule has 1 aliphatic heterocycles. The predicted molar refractivity (Wildman–Crippen MR) is 74.9 cm³/mol. The molecule has 1 unspecified atom stereocenters. The van der Waals surface area contributed by atoms with Crippen molar-refractivity contribution in [1.29, 1.82) is 0 Å².